The van der Waals surface area contributed by atoms with Crippen LogP contribution in [0.3, 0.4) is 0 Å². The fourth-order valence-electron chi connectivity index (χ4n) is 6.15. The van der Waals surface area contributed by atoms with Crippen LogP contribution in [0, 0.1) is 28.8 Å². The molecule has 3 atom stereocenters. The van der Waals surface area contributed by atoms with Gasteiger partial charge in [0.25, 0.3) is 0 Å². The molecule has 46 heavy (non-hydrogen) atoms. The number of rotatable bonds is 12. The molecule has 3 aromatic rings. The summed E-state index contributed by atoms with van der Waals surface area (Å²) in [7, 11) is 0. The van der Waals surface area contributed by atoms with Crippen LogP contribution in [0.25, 0.3) is 0 Å². The molecular weight excluding hydrogens is 597 g/mol. The summed E-state index contributed by atoms with van der Waals surface area (Å²) in [6, 6.07) is 11.4. The average molecular weight is 641 g/mol. The molecule has 4 N–H and O–H groups in total. The number of hydrogen-bond acceptors (Lipinski definition) is 6. The highest BCUT2D eigenvalue weighted by Gasteiger charge is 2.52. The van der Waals surface area contributed by atoms with Crippen LogP contribution in [0.15, 0.2) is 60.9 Å². The van der Waals surface area contributed by atoms with Crippen molar-refractivity contribution in [2.24, 2.45) is 17.1 Å². The van der Waals surface area contributed by atoms with E-state index < -0.39 is 46.4 Å². The zero-order valence-electron chi connectivity index (χ0n) is 26.9. The normalized spacial score (nSPS) is 18.3. The van der Waals surface area contributed by atoms with E-state index in [9.17, 15) is 18.4 Å². The first kappa shape index (κ1) is 34.9. The van der Waals surface area contributed by atoms with E-state index in [4.69, 9.17) is 15.2 Å². The quantitative estimate of drug-likeness (QED) is 0.209. The molecule has 0 spiro atoms. The molecule has 0 radical (unpaired) electrons. The third kappa shape index (κ3) is 8.06. The second-order valence-electron chi connectivity index (χ2n) is 12.9. The van der Waals surface area contributed by atoms with Gasteiger partial charge in [-0.05, 0) is 61.1 Å². The van der Waals surface area contributed by atoms with Crippen molar-refractivity contribution in [2.45, 2.75) is 77.5 Å². The number of aromatic nitrogens is 1. The van der Waals surface area contributed by atoms with E-state index >= 15 is 4.39 Å². The number of hydrogen-bond donors (Lipinski definition) is 3. The van der Waals surface area contributed by atoms with E-state index in [1.165, 1.54) is 30.5 Å². The van der Waals surface area contributed by atoms with Gasteiger partial charge in [-0.15, -0.1) is 0 Å². The van der Waals surface area contributed by atoms with Gasteiger partial charge in [-0.25, -0.2) is 18.0 Å². The van der Waals surface area contributed by atoms with Crippen molar-refractivity contribution >= 4 is 17.7 Å². The van der Waals surface area contributed by atoms with E-state index in [1.807, 2.05) is 34.6 Å². The Balaban J connectivity index is 1.41. The molecule has 1 saturated heterocycles. The number of halogens is 3. The lowest BCUT2D eigenvalue weighted by Crippen LogP contribution is -2.63. The largest absolute Gasteiger partial charge is 0.442 e. The van der Waals surface area contributed by atoms with Gasteiger partial charge in [0.1, 0.15) is 23.1 Å². The molecule has 4 rings (SSSR count). The number of pyridine rings is 1. The van der Waals surface area contributed by atoms with Gasteiger partial charge in [-0.1, -0.05) is 52.0 Å². The van der Waals surface area contributed by atoms with Crippen molar-refractivity contribution in [3.05, 3.63) is 95.1 Å². The predicted octanol–water partition coefficient (Wildman–Crippen LogP) is 6.49. The number of carbonyl (C=O) groups is 2. The summed E-state index contributed by atoms with van der Waals surface area (Å²) in [5, 5.41) is 6.32. The van der Waals surface area contributed by atoms with Crippen molar-refractivity contribution in [3.8, 4) is 0 Å². The molecule has 0 aliphatic carbocycles. The molecule has 0 saturated carbocycles. The Bertz CT molecular complexity index is 1450. The number of nitrogens with zero attached hydrogens (tertiary/aromatic N) is 1. The summed E-state index contributed by atoms with van der Waals surface area (Å²) in [6.07, 6.45) is 2.15. The first-order chi connectivity index (χ1) is 21.7. The monoisotopic (exact) mass is 640 g/mol. The van der Waals surface area contributed by atoms with Gasteiger partial charge in [-0.3, -0.25) is 9.78 Å². The minimum Gasteiger partial charge on any atom is -0.442 e. The van der Waals surface area contributed by atoms with Crippen molar-refractivity contribution in [1.29, 1.82) is 0 Å². The Kier molecular flexibility index (Phi) is 11.1. The van der Waals surface area contributed by atoms with Gasteiger partial charge in [-0.2, -0.15) is 0 Å². The fourth-order valence-corrected chi connectivity index (χ4v) is 6.15. The van der Waals surface area contributed by atoms with Gasteiger partial charge >= 0.3 is 6.09 Å². The molecule has 1 aliphatic rings. The van der Waals surface area contributed by atoms with Crippen LogP contribution in [0.1, 0.15) is 70.1 Å². The summed E-state index contributed by atoms with van der Waals surface area (Å²) in [6.45, 7) is 10.7. The number of benzene rings is 2. The van der Waals surface area contributed by atoms with Gasteiger partial charge in [0.05, 0.1) is 30.8 Å². The van der Waals surface area contributed by atoms with E-state index in [-0.39, 0.29) is 36.6 Å². The highest BCUT2D eigenvalue weighted by atomic mass is 19.1. The summed E-state index contributed by atoms with van der Waals surface area (Å²) in [4.78, 5) is 29.0. The molecule has 1 aromatic heterocycles. The number of ether oxygens (including phenoxy) is 2. The second kappa shape index (κ2) is 14.6. The third-order valence-corrected chi connectivity index (χ3v) is 9.58. The van der Waals surface area contributed by atoms with Crippen molar-refractivity contribution in [3.63, 3.8) is 0 Å². The lowest BCUT2D eigenvalue weighted by molar-refractivity contribution is -0.132. The molecule has 1 fully saturated rings. The molecule has 2 amide bonds. The number of carbonyl (C=O) groups excluding carboxylic acids is 2. The molecule has 8 nitrogen and oxygen atoms in total. The summed E-state index contributed by atoms with van der Waals surface area (Å²) >= 11 is 0. The maximum atomic E-state index is 15.1. The molecule has 248 valence electrons. The van der Waals surface area contributed by atoms with Crippen molar-refractivity contribution in [1.82, 2.24) is 10.3 Å². The van der Waals surface area contributed by atoms with Gasteiger partial charge in [0, 0.05) is 35.9 Å². The number of primary amides is 1. The summed E-state index contributed by atoms with van der Waals surface area (Å²) in [5.41, 5.74) is 5.93. The first-order valence-corrected chi connectivity index (χ1v) is 15.5. The van der Waals surface area contributed by atoms with E-state index in [0.717, 1.165) is 6.20 Å². The van der Waals surface area contributed by atoms with Crippen LogP contribution in [0.2, 0.25) is 0 Å². The molecule has 11 heteroatoms. The number of amides is 2. The summed E-state index contributed by atoms with van der Waals surface area (Å²) in [5.74, 6) is -2.28. The maximum Gasteiger partial charge on any atom is 0.405 e. The standard InChI is InChI=1S/C35H43F3N4O4/c1-21(2)35(5,46-33(39)44)34(3,4)31-20-45-26(17-41-31)14-15-27-29(38)18-40-19-30(27)42-32(43)16-28(22-6-10-24(36)11-7-22)23-8-12-25(37)13-9-23/h6-13,18-19,21,26,28,31,41H,14-17,20H2,1-5H3,(H2,39,44)(H,42,43)/t26-,31-,35?/m1/s1. The Morgan fingerprint density at radius 2 is 1.61 bits per heavy atom. The Hall–Kier alpha value is -3.96. The van der Waals surface area contributed by atoms with Gasteiger partial charge in [0.15, 0.2) is 0 Å². The average Bonchev–Trinajstić information content (AvgIpc) is 3.00. The topological polar surface area (TPSA) is 116 Å². The smallest absolute Gasteiger partial charge is 0.405 e. The second-order valence-corrected chi connectivity index (χ2v) is 12.9. The van der Waals surface area contributed by atoms with Crippen LogP contribution in [0.4, 0.5) is 23.7 Å². The third-order valence-electron chi connectivity index (χ3n) is 9.58. The SMILES string of the molecule is CC(C)C(C)(OC(N)=O)C(C)(C)[C@H]1CO[C@H](CCc2c(F)cncc2NC(=O)CC(c2ccc(F)cc2)c2ccc(F)cc2)CN1. The van der Waals surface area contributed by atoms with E-state index in [0.29, 0.717) is 36.3 Å². The number of nitrogens with one attached hydrogen (secondary N) is 2. The fraction of sp³-hybridized carbons (Fsp3) is 0.457. The van der Waals surface area contributed by atoms with E-state index in [2.05, 4.69) is 15.6 Å². The van der Waals surface area contributed by atoms with E-state index in [1.54, 1.807) is 24.3 Å². The lowest BCUT2D eigenvalue weighted by Gasteiger charge is -2.51. The van der Waals surface area contributed by atoms with Crippen molar-refractivity contribution in [2.75, 3.05) is 18.5 Å². The highest BCUT2D eigenvalue weighted by Crippen LogP contribution is 2.43. The Morgan fingerprint density at radius 1 is 1.02 bits per heavy atom. The first-order valence-electron chi connectivity index (χ1n) is 15.5. The Morgan fingerprint density at radius 3 is 2.11 bits per heavy atom. The minimum atomic E-state index is -0.855. The van der Waals surface area contributed by atoms with Crippen molar-refractivity contribution < 1.29 is 32.2 Å². The zero-order valence-corrected chi connectivity index (χ0v) is 26.9. The van der Waals surface area contributed by atoms with Crippen LogP contribution in [-0.2, 0) is 20.7 Å². The van der Waals surface area contributed by atoms with Gasteiger partial charge in [0.2, 0.25) is 5.91 Å². The minimum absolute atomic E-state index is 0.0144. The maximum absolute atomic E-state index is 15.1. The number of nitrogens with two attached hydrogens (primary N) is 1. The number of anilines is 1. The van der Waals surface area contributed by atoms with Crippen LogP contribution < -0.4 is 16.4 Å². The lowest BCUT2D eigenvalue weighted by atomic mass is 9.65. The Labute approximate surface area is 268 Å². The molecular formula is C35H43F3N4O4. The molecule has 1 unspecified atom stereocenters. The number of morpholine rings is 1. The van der Waals surface area contributed by atoms with Crippen LogP contribution >= 0.6 is 0 Å². The summed E-state index contributed by atoms with van der Waals surface area (Å²) < 4.78 is 54.1. The van der Waals surface area contributed by atoms with Crippen LogP contribution in [-0.4, -0.2) is 47.9 Å². The predicted molar refractivity (Wildman–Crippen MR) is 170 cm³/mol. The zero-order chi connectivity index (χ0) is 33.6. The van der Waals surface area contributed by atoms with Crippen LogP contribution in [0.5, 0.6) is 0 Å². The molecule has 2 heterocycles. The molecule has 1 aliphatic heterocycles. The van der Waals surface area contributed by atoms with Gasteiger partial charge < -0.3 is 25.8 Å². The highest BCUT2D eigenvalue weighted by molar-refractivity contribution is 5.92. The molecule has 0 bridgehead atoms. The molecule has 2 aromatic carbocycles.